The van der Waals surface area contributed by atoms with Crippen molar-refractivity contribution in [3.05, 3.63) is 34.2 Å². The number of hydrogen-bond donors (Lipinski definition) is 2. The Balaban J connectivity index is 0.00000106. The zero-order valence-corrected chi connectivity index (χ0v) is 12.7. The summed E-state index contributed by atoms with van der Waals surface area (Å²) < 4.78 is 0. The molecule has 0 spiro atoms. The highest BCUT2D eigenvalue weighted by molar-refractivity contribution is 5.79. The fourth-order valence-corrected chi connectivity index (χ4v) is 2.26. The fraction of sp³-hybridized carbons (Fsp3) is 0.533. The van der Waals surface area contributed by atoms with E-state index in [4.69, 9.17) is 5.26 Å². The molecule has 1 aromatic rings. The summed E-state index contributed by atoms with van der Waals surface area (Å²) in [7, 11) is 1.84. The number of nitrogens with zero attached hydrogens (tertiary/aromatic N) is 2. The van der Waals surface area contributed by atoms with Gasteiger partial charge >= 0.3 is 0 Å². The van der Waals surface area contributed by atoms with Crippen molar-refractivity contribution in [2.45, 2.75) is 32.9 Å². The first-order valence-electron chi connectivity index (χ1n) is 7.16. The normalized spacial score (nSPS) is 21.0. The van der Waals surface area contributed by atoms with Gasteiger partial charge in [0.2, 0.25) is 5.91 Å². The van der Waals surface area contributed by atoms with Crippen molar-refractivity contribution in [3.63, 3.8) is 0 Å². The average Bonchev–Trinajstić information content (AvgIpc) is 2.89. The largest absolute Gasteiger partial charge is 0.352 e. The lowest BCUT2D eigenvalue weighted by molar-refractivity contribution is -0.124. The summed E-state index contributed by atoms with van der Waals surface area (Å²) in [5, 5.41) is 11.7. The predicted molar refractivity (Wildman–Crippen MR) is 80.4 cm³/mol. The number of rotatable bonds is 3. The van der Waals surface area contributed by atoms with Gasteiger partial charge in [-0.3, -0.25) is 14.5 Å². The van der Waals surface area contributed by atoms with Gasteiger partial charge in [0.05, 0.1) is 18.0 Å². The van der Waals surface area contributed by atoms with Gasteiger partial charge in [-0.1, -0.05) is 19.9 Å². The maximum atomic E-state index is 12.0. The van der Waals surface area contributed by atoms with Gasteiger partial charge < -0.3 is 10.3 Å². The first kappa shape index (κ1) is 16.9. The molecule has 1 fully saturated rings. The quantitative estimate of drug-likeness (QED) is 0.864. The number of nitrogens with one attached hydrogen (secondary N) is 2. The van der Waals surface area contributed by atoms with Gasteiger partial charge in [-0.25, -0.2) is 0 Å². The number of amides is 1. The van der Waals surface area contributed by atoms with Crippen LogP contribution in [0.25, 0.3) is 0 Å². The summed E-state index contributed by atoms with van der Waals surface area (Å²) in [6.07, 6.45) is 2.10. The van der Waals surface area contributed by atoms with Crippen molar-refractivity contribution in [1.29, 1.82) is 5.26 Å². The molecule has 6 nitrogen and oxygen atoms in total. The summed E-state index contributed by atoms with van der Waals surface area (Å²) in [5.74, 6) is -0.287. The molecule has 1 aliphatic heterocycles. The van der Waals surface area contributed by atoms with E-state index in [2.05, 4.69) is 16.4 Å². The Hall–Kier alpha value is -2.13. The van der Waals surface area contributed by atoms with Crippen LogP contribution in [0.15, 0.2) is 23.1 Å². The van der Waals surface area contributed by atoms with Crippen molar-refractivity contribution in [3.8, 4) is 6.07 Å². The second-order valence-electron chi connectivity index (χ2n) is 4.76. The van der Waals surface area contributed by atoms with Crippen LogP contribution in [0.5, 0.6) is 0 Å². The zero-order valence-electron chi connectivity index (χ0n) is 12.7. The summed E-state index contributed by atoms with van der Waals surface area (Å²) >= 11 is 0. The van der Waals surface area contributed by atoms with Crippen LogP contribution in [0.2, 0.25) is 0 Å². The Bertz CT molecular complexity index is 561. The number of pyridine rings is 1. The third kappa shape index (κ3) is 4.43. The second kappa shape index (κ2) is 8.22. The maximum absolute atomic E-state index is 12.0. The van der Waals surface area contributed by atoms with Crippen LogP contribution < -0.4 is 10.9 Å². The fourth-order valence-electron chi connectivity index (χ4n) is 2.26. The number of H-pyrrole nitrogens is 1. The Labute approximate surface area is 124 Å². The summed E-state index contributed by atoms with van der Waals surface area (Å²) in [6.45, 7) is 4.79. The molecule has 21 heavy (non-hydrogen) atoms. The lowest BCUT2D eigenvalue weighted by Crippen LogP contribution is -2.33. The highest BCUT2D eigenvalue weighted by Gasteiger charge is 2.33. The van der Waals surface area contributed by atoms with Crippen LogP contribution in [0.1, 0.15) is 25.8 Å². The van der Waals surface area contributed by atoms with Crippen molar-refractivity contribution >= 4 is 5.91 Å². The number of nitriles is 1. The van der Waals surface area contributed by atoms with Crippen molar-refractivity contribution < 1.29 is 4.79 Å². The van der Waals surface area contributed by atoms with Crippen molar-refractivity contribution in [1.82, 2.24) is 15.2 Å². The molecular formula is C15H22N4O2. The lowest BCUT2D eigenvalue weighted by Gasteiger charge is -2.11. The molecule has 2 atom stereocenters. The van der Waals surface area contributed by atoms with Crippen molar-refractivity contribution in [2.75, 3.05) is 13.6 Å². The predicted octanol–water partition coefficient (Wildman–Crippen LogP) is 0.861. The number of carbonyl (C=O) groups excluding carboxylic acids is 1. The molecule has 1 aromatic heterocycles. The van der Waals surface area contributed by atoms with Crippen LogP contribution in [0, 0.1) is 17.2 Å². The monoisotopic (exact) mass is 290 g/mol. The molecule has 0 bridgehead atoms. The molecule has 2 heterocycles. The number of aromatic nitrogens is 1. The van der Waals surface area contributed by atoms with E-state index in [-0.39, 0.29) is 30.0 Å². The molecular weight excluding hydrogens is 268 g/mol. The van der Waals surface area contributed by atoms with Gasteiger partial charge in [-0.05, 0) is 19.5 Å². The third-order valence-electron chi connectivity index (χ3n) is 3.42. The van der Waals surface area contributed by atoms with Crippen LogP contribution >= 0.6 is 0 Å². The van der Waals surface area contributed by atoms with E-state index in [1.54, 1.807) is 18.3 Å². The van der Waals surface area contributed by atoms with Gasteiger partial charge in [-0.2, -0.15) is 5.26 Å². The van der Waals surface area contributed by atoms with E-state index < -0.39 is 0 Å². The third-order valence-corrected chi connectivity index (χ3v) is 3.42. The molecule has 1 aliphatic rings. The highest BCUT2D eigenvalue weighted by Crippen LogP contribution is 2.21. The summed E-state index contributed by atoms with van der Waals surface area (Å²) in [4.78, 5) is 27.9. The minimum absolute atomic E-state index is 0.104. The molecule has 0 aromatic carbocycles. The van der Waals surface area contributed by atoms with Crippen LogP contribution in [-0.4, -0.2) is 35.4 Å². The van der Waals surface area contributed by atoms with Crippen LogP contribution in [0.3, 0.4) is 0 Å². The SMILES string of the molecule is CC.CN1CC(C(=O)NCc2ccc[nH]c2=O)CC1C#N. The molecule has 1 saturated heterocycles. The van der Waals surface area contributed by atoms with Crippen LogP contribution in [0.4, 0.5) is 0 Å². The van der Waals surface area contributed by atoms with Gasteiger partial charge in [0.1, 0.15) is 0 Å². The highest BCUT2D eigenvalue weighted by atomic mass is 16.2. The van der Waals surface area contributed by atoms with E-state index in [9.17, 15) is 9.59 Å². The van der Waals surface area contributed by atoms with E-state index >= 15 is 0 Å². The van der Waals surface area contributed by atoms with E-state index in [0.717, 1.165) is 0 Å². The minimum atomic E-state index is -0.198. The van der Waals surface area contributed by atoms with Crippen LogP contribution in [-0.2, 0) is 11.3 Å². The topological polar surface area (TPSA) is 89.0 Å². The molecule has 2 rings (SSSR count). The van der Waals surface area contributed by atoms with E-state index in [1.165, 1.54) is 0 Å². The van der Waals surface area contributed by atoms with Gasteiger partial charge in [-0.15, -0.1) is 0 Å². The number of carbonyl (C=O) groups is 1. The zero-order chi connectivity index (χ0) is 15.8. The second-order valence-corrected chi connectivity index (χ2v) is 4.76. The molecule has 1 amide bonds. The Morgan fingerprint density at radius 3 is 2.86 bits per heavy atom. The first-order valence-corrected chi connectivity index (χ1v) is 7.16. The van der Waals surface area contributed by atoms with E-state index in [1.807, 2.05) is 25.8 Å². The molecule has 6 heteroatoms. The Morgan fingerprint density at radius 2 is 2.29 bits per heavy atom. The number of hydrogen-bond acceptors (Lipinski definition) is 4. The maximum Gasteiger partial charge on any atom is 0.252 e. The molecule has 2 unspecified atom stereocenters. The molecule has 0 saturated carbocycles. The van der Waals surface area contributed by atoms with E-state index in [0.29, 0.717) is 18.5 Å². The number of likely N-dealkylation sites (tertiary alicyclic amines) is 1. The minimum Gasteiger partial charge on any atom is -0.352 e. The first-order chi connectivity index (χ1) is 10.1. The molecule has 0 radical (unpaired) electrons. The Morgan fingerprint density at radius 1 is 1.57 bits per heavy atom. The smallest absolute Gasteiger partial charge is 0.252 e. The standard InChI is InChI=1S/C13H16N4O2.C2H6/c1-17-8-10(5-11(17)6-14)13(19)16-7-9-3-2-4-15-12(9)18;1-2/h2-4,10-11H,5,7-8H2,1H3,(H,15,18)(H,16,19);1-2H3. The lowest BCUT2D eigenvalue weighted by atomic mass is 10.1. The summed E-state index contributed by atoms with van der Waals surface area (Å²) in [5.41, 5.74) is 0.334. The molecule has 2 N–H and O–H groups in total. The molecule has 0 aliphatic carbocycles. The number of aromatic amines is 1. The summed E-state index contributed by atoms with van der Waals surface area (Å²) in [6, 6.07) is 5.37. The van der Waals surface area contributed by atoms with Gasteiger partial charge in [0.15, 0.2) is 0 Å². The molecule has 114 valence electrons. The van der Waals surface area contributed by atoms with Gasteiger partial charge in [0.25, 0.3) is 5.56 Å². The Kier molecular flexibility index (Phi) is 6.63. The van der Waals surface area contributed by atoms with Gasteiger partial charge in [0, 0.05) is 24.8 Å². The average molecular weight is 290 g/mol. The van der Waals surface area contributed by atoms with Crippen molar-refractivity contribution in [2.24, 2.45) is 5.92 Å².